The van der Waals surface area contributed by atoms with E-state index in [1.807, 2.05) is 45.3 Å². The van der Waals surface area contributed by atoms with Crippen LogP contribution in [-0.2, 0) is 20.8 Å². The quantitative estimate of drug-likeness (QED) is 0.166. The van der Waals surface area contributed by atoms with E-state index in [2.05, 4.69) is 58.0 Å². The summed E-state index contributed by atoms with van der Waals surface area (Å²) < 4.78 is 33.5. The molecule has 0 fully saturated rings. The van der Waals surface area contributed by atoms with Crippen LogP contribution in [0.1, 0.15) is 5.56 Å². The van der Waals surface area contributed by atoms with Crippen molar-refractivity contribution in [2.75, 3.05) is 25.6 Å². The van der Waals surface area contributed by atoms with Crippen LogP contribution in [0.2, 0.25) is 0 Å². The van der Waals surface area contributed by atoms with Gasteiger partial charge in [0.05, 0.1) is 22.5 Å². The van der Waals surface area contributed by atoms with Crippen LogP contribution in [-0.4, -0.2) is 38.7 Å². The maximum absolute atomic E-state index is 12.9. The van der Waals surface area contributed by atoms with Crippen molar-refractivity contribution >= 4 is 48.4 Å². The Labute approximate surface area is 228 Å². The Hall–Kier alpha value is -4.20. The molecule has 0 atom stereocenters. The van der Waals surface area contributed by atoms with E-state index in [-0.39, 0.29) is 11.5 Å². The van der Waals surface area contributed by atoms with Gasteiger partial charge in [0.15, 0.2) is 0 Å². The predicted molar refractivity (Wildman–Crippen MR) is 159 cm³/mol. The molecule has 0 radical (unpaired) electrons. The maximum atomic E-state index is 12.9. The highest BCUT2D eigenvalue weighted by Gasteiger charge is 2.20. The minimum absolute atomic E-state index is 0.0222. The number of hydrogen-bond donors (Lipinski definition) is 0. The Bertz CT molecular complexity index is 1920. The average Bonchev–Trinajstić information content (AvgIpc) is 3.33. The fourth-order valence-electron chi connectivity index (χ4n) is 5.12. The molecule has 0 N–H and O–H groups in total. The fraction of sp³-hybridized carbons (Fsp3) is 0.156. The van der Waals surface area contributed by atoms with Gasteiger partial charge in [-0.1, -0.05) is 66.2 Å². The summed E-state index contributed by atoms with van der Waals surface area (Å²) >= 11 is 0. The summed E-state index contributed by atoms with van der Waals surface area (Å²) in [6.45, 7) is 2.21. The molecule has 39 heavy (non-hydrogen) atoms. The summed E-state index contributed by atoms with van der Waals surface area (Å²) in [6.07, 6.45) is 0. The topological polar surface area (TPSA) is 64.4 Å². The Balaban J connectivity index is 1.50. The highest BCUT2D eigenvalue weighted by molar-refractivity contribution is 7.86. The van der Waals surface area contributed by atoms with Crippen molar-refractivity contribution in [2.45, 2.75) is 18.4 Å². The first-order chi connectivity index (χ1) is 18.8. The van der Waals surface area contributed by atoms with E-state index < -0.39 is 10.1 Å². The molecule has 0 aliphatic rings. The van der Waals surface area contributed by atoms with Crippen molar-refractivity contribution < 1.29 is 12.6 Å². The van der Waals surface area contributed by atoms with Crippen LogP contribution < -0.4 is 4.90 Å². The largest absolute Gasteiger partial charge is 0.378 e. The number of imidazole rings is 1. The first-order valence-electron chi connectivity index (χ1n) is 12.9. The highest BCUT2D eigenvalue weighted by Crippen LogP contribution is 2.37. The van der Waals surface area contributed by atoms with Gasteiger partial charge in [-0.2, -0.15) is 8.42 Å². The number of benzene rings is 5. The second kappa shape index (κ2) is 9.84. The van der Waals surface area contributed by atoms with Crippen LogP contribution >= 0.6 is 0 Å². The Morgan fingerprint density at radius 3 is 2.00 bits per heavy atom. The lowest BCUT2D eigenvalue weighted by Gasteiger charge is -2.14. The molecule has 0 saturated carbocycles. The summed E-state index contributed by atoms with van der Waals surface area (Å²) in [5, 5.41) is 4.39. The van der Waals surface area contributed by atoms with E-state index in [0.717, 1.165) is 55.2 Å². The first-order valence-corrected chi connectivity index (χ1v) is 14.3. The summed E-state index contributed by atoms with van der Waals surface area (Å²) in [5.41, 5.74) is 4.88. The van der Waals surface area contributed by atoms with Gasteiger partial charge in [-0.25, -0.2) is 4.98 Å². The van der Waals surface area contributed by atoms with E-state index in [4.69, 9.17) is 9.17 Å². The van der Waals surface area contributed by atoms with Gasteiger partial charge in [0.1, 0.15) is 5.82 Å². The number of rotatable bonds is 7. The molecule has 0 unspecified atom stereocenters. The molecular formula is C32H29N3O3S. The zero-order valence-electron chi connectivity index (χ0n) is 22.1. The molecule has 6 aromatic rings. The van der Waals surface area contributed by atoms with Crippen molar-refractivity contribution in [3.05, 3.63) is 103 Å². The maximum Gasteiger partial charge on any atom is 0.297 e. The van der Waals surface area contributed by atoms with Gasteiger partial charge in [-0.3, -0.25) is 4.18 Å². The zero-order chi connectivity index (χ0) is 27.1. The van der Waals surface area contributed by atoms with Crippen LogP contribution in [0.5, 0.6) is 0 Å². The number of hydrogen-bond acceptors (Lipinski definition) is 5. The molecule has 0 aliphatic heterocycles. The standard InChI is InChI=1S/C32H29N3O3S/c1-22-12-18-25(19-13-22)39(36,37)38-21-20-35-31-29-11-7-5-9-27(29)26-8-4-6-10-28(26)30(31)33-32(35)23-14-16-24(17-15-23)34(2)3/h4-19H,20-21H2,1-3H3. The predicted octanol–water partition coefficient (Wildman–Crippen LogP) is 6.79. The molecule has 7 heteroatoms. The average molecular weight is 536 g/mol. The number of aromatic nitrogens is 2. The normalized spacial score (nSPS) is 12.0. The molecule has 0 saturated heterocycles. The monoisotopic (exact) mass is 535 g/mol. The fourth-order valence-corrected chi connectivity index (χ4v) is 6.02. The lowest BCUT2D eigenvalue weighted by atomic mass is 10.00. The molecule has 5 aromatic carbocycles. The summed E-state index contributed by atoms with van der Waals surface area (Å²) in [5.74, 6) is 0.771. The first kappa shape index (κ1) is 25.1. The molecule has 0 aliphatic carbocycles. The third-order valence-corrected chi connectivity index (χ3v) is 8.45. The summed E-state index contributed by atoms with van der Waals surface area (Å²) in [7, 11) is 0.124. The van der Waals surface area contributed by atoms with E-state index in [0.29, 0.717) is 6.54 Å². The van der Waals surface area contributed by atoms with Crippen LogP contribution in [0.4, 0.5) is 5.69 Å². The second-order valence-electron chi connectivity index (χ2n) is 9.91. The van der Waals surface area contributed by atoms with Crippen molar-refractivity contribution in [3.63, 3.8) is 0 Å². The van der Waals surface area contributed by atoms with Gasteiger partial charge >= 0.3 is 0 Å². The number of nitrogens with zero attached hydrogens (tertiary/aromatic N) is 3. The molecule has 0 bridgehead atoms. The molecule has 1 heterocycles. The van der Waals surface area contributed by atoms with E-state index in [9.17, 15) is 8.42 Å². The molecule has 0 spiro atoms. The summed E-state index contributed by atoms with van der Waals surface area (Å²) in [4.78, 5) is 7.37. The van der Waals surface area contributed by atoms with Crippen LogP contribution in [0.3, 0.4) is 0 Å². The molecule has 6 nitrogen and oxygen atoms in total. The molecule has 196 valence electrons. The van der Waals surface area contributed by atoms with Crippen molar-refractivity contribution in [1.29, 1.82) is 0 Å². The van der Waals surface area contributed by atoms with E-state index in [1.54, 1.807) is 24.3 Å². The highest BCUT2D eigenvalue weighted by atomic mass is 32.2. The van der Waals surface area contributed by atoms with E-state index >= 15 is 0 Å². The van der Waals surface area contributed by atoms with Gasteiger partial charge in [-0.05, 0) is 54.1 Å². The van der Waals surface area contributed by atoms with Gasteiger partial charge in [0.2, 0.25) is 0 Å². The number of anilines is 1. The second-order valence-corrected chi connectivity index (χ2v) is 11.5. The van der Waals surface area contributed by atoms with Crippen molar-refractivity contribution in [1.82, 2.24) is 9.55 Å². The molecule has 0 amide bonds. The number of aryl methyl sites for hydroxylation is 1. The Kier molecular flexibility index (Phi) is 6.33. The van der Waals surface area contributed by atoms with Crippen molar-refractivity contribution in [2.24, 2.45) is 0 Å². The van der Waals surface area contributed by atoms with Crippen LogP contribution in [0.25, 0.3) is 44.0 Å². The number of fused-ring (bicyclic) bond motifs is 6. The Morgan fingerprint density at radius 2 is 1.36 bits per heavy atom. The van der Waals surface area contributed by atoms with Gasteiger partial charge in [0, 0.05) is 42.7 Å². The van der Waals surface area contributed by atoms with Gasteiger partial charge < -0.3 is 9.47 Å². The minimum Gasteiger partial charge on any atom is -0.378 e. The van der Waals surface area contributed by atoms with Crippen LogP contribution in [0, 0.1) is 6.92 Å². The van der Waals surface area contributed by atoms with Crippen molar-refractivity contribution in [3.8, 4) is 11.4 Å². The molecular weight excluding hydrogens is 506 g/mol. The van der Waals surface area contributed by atoms with Crippen LogP contribution in [0.15, 0.2) is 102 Å². The lowest BCUT2D eigenvalue weighted by molar-refractivity contribution is 0.303. The lowest BCUT2D eigenvalue weighted by Crippen LogP contribution is -2.13. The minimum atomic E-state index is -3.89. The third-order valence-electron chi connectivity index (χ3n) is 7.13. The van der Waals surface area contributed by atoms with E-state index in [1.165, 1.54) is 0 Å². The SMILES string of the molecule is Cc1ccc(S(=O)(=O)OCCn2c(-c3ccc(N(C)C)cc3)nc3c4ccccc4c4ccccc4c32)cc1. The zero-order valence-corrected chi connectivity index (χ0v) is 22.9. The Morgan fingerprint density at radius 1 is 0.769 bits per heavy atom. The molecule has 6 rings (SSSR count). The van der Waals surface area contributed by atoms with Gasteiger partial charge in [0.25, 0.3) is 10.1 Å². The third kappa shape index (κ3) is 4.54. The summed E-state index contributed by atoms with van der Waals surface area (Å²) in [6, 6.07) is 31.5. The smallest absolute Gasteiger partial charge is 0.297 e. The van der Waals surface area contributed by atoms with Gasteiger partial charge in [-0.15, -0.1) is 0 Å². The molecule has 1 aromatic heterocycles.